The molecule has 0 aliphatic heterocycles. The molecule has 0 radical (unpaired) electrons. The molecule has 0 saturated carbocycles. The third-order valence-corrected chi connectivity index (χ3v) is 3.00. The van der Waals surface area contributed by atoms with Gasteiger partial charge in [0.05, 0.1) is 6.16 Å². The maximum Gasteiger partial charge on any atom is 0.357 e. The molecule has 0 rings (SSSR count). The van der Waals surface area contributed by atoms with Crippen LogP contribution in [0.3, 0.4) is 0 Å². The van der Waals surface area contributed by atoms with Crippen molar-refractivity contribution in [1.82, 2.24) is 6.15 Å². The number of aliphatic carboxylic acids is 1. The molecule has 0 aromatic carbocycles. The fraction of sp³-hybridized carbons (Fsp3) is 0.500. The third-order valence-electron chi connectivity index (χ3n) is 1.42. The minimum Gasteiger partial charge on any atom is -0.477 e. The second-order valence-electron chi connectivity index (χ2n) is 2.23. The molecule has 0 aromatic heterocycles. The van der Waals surface area contributed by atoms with Gasteiger partial charge in [-0.1, -0.05) is 0 Å². The van der Waals surface area contributed by atoms with Crippen LogP contribution in [0.15, 0.2) is 5.57 Å². The van der Waals surface area contributed by atoms with Crippen LogP contribution in [0.4, 0.5) is 0 Å². The van der Waals surface area contributed by atoms with Crippen molar-refractivity contribution in [2.75, 3.05) is 13.3 Å². The lowest BCUT2D eigenvalue weighted by atomic mass is 10.2. The van der Waals surface area contributed by atoms with Gasteiger partial charge in [0.25, 0.3) is 0 Å². The number of rotatable bonds is 6. The molecule has 0 aliphatic carbocycles. The van der Waals surface area contributed by atoms with Crippen LogP contribution in [0.5, 0.6) is 0 Å². The highest BCUT2D eigenvalue weighted by Gasteiger charge is 2.24. The first-order valence-electron chi connectivity index (χ1n) is 3.44. The summed E-state index contributed by atoms with van der Waals surface area (Å²) in [5.74, 6) is -0.282. The van der Waals surface area contributed by atoms with Gasteiger partial charge in [0.1, 0.15) is 11.5 Å². The number of carbonyl (C=O) groups is 1. The van der Waals surface area contributed by atoms with Crippen molar-refractivity contribution >= 4 is 19.5 Å². The molecule has 0 aromatic rings. The molecule has 8 nitrogen and oxygen atoms in total. The van der Waals surface area contributed by atoms with Crippen molar-refractivity contribution in [3.63, 3.8) is 0 Å². The second kappa shape index (κ2) is 7.30. The van der Waals surface area contributed by atoms with E-state index < -0.39 is 25.3 Å². The average Bonchev–Trinajstić information content (AvgIpc) is 2.18. The summed E-state index contributed by atoms with van der Waals surface area (Å²) in [6.07, 6.45) is -0.763. The van der Waals surface area contributed by atoms with Crippen molar-refractivity contribution in [3.05, 3.63) is 5.57 Å². The minimum atomic E-state index is -3.70. The van der Waals surface area contributed by atoms with Crippen LogP contribution in [0, 0.1) is 0 Å². The van der Waals surface area contributed by atoms with E-state index in [1.54, 1.807) is 0 Å². The monoisotopic (exact) mass is 241 g/mol. The molecule has 0 bridgehead atoms. The largest absolute Gasteiger partial charge is 0.477 e. The Morgan fingerprint density at radius 1 is 1.53 bits per heavy atom. The second-order valence-corrected chi connectivity index (χ2v) is 4.43. The van der Waals surface area contributed by atoms with Crippen LogP contribution in [0.1, 0.15) is 6.42 Å². The van der Waals surface area contributed by atoms with Gasteiger partial charge in [0.2, 0.25) is 0 Å². The molecule has 5 N–H and O–H groups in total. The molecule has 0 saturated heterocycles. The van der Waals surface area contributed by atoms with Gasteiger partial charge < -0.3 is 15.8 Å². The van der Waals surface area contributed by atoms with Gasteiger partial charge in [0, 0.05) is 13.5 Å². The van der Waals surface area contributed by atoms with E-state index >= 15 is 0 Å². The molecule has 0 aliphatic rings. The van der Waals surface area contributed by atoms with Crippen LogP contribution in [-0.4, -0.2) is 35.5 Å². The standard InChI is InChI=1S/C6H9O7P.H3N/c1-12-14(11,13-10)3-2-5(4-7)6(8)9;/h10H,2-3H2,1H3,(H,8,9);1H3. The molecule has 1 atom stereocenters. The average molecular weight is 241 g/mol. The van der Waals surface area contributed by atoms with Gasteiger partial charge >= 0.3 is 13.6 Å². The van der Waals surface area contributed by atoms with E-state index in [4.69, 9.17) is 10.4 Å². The molecule has 0 spiro atoms. The number of carbonyl (C=O) groups excluding carboxylic acids is 1. The van der Waals surface area contributed by atoms with Gasteiger partial charge in [0.15, 0.2) is 0 Å². The molecule has 0 heterocycles. The smallest absolute Gasteiger partial charge is 0.357 e. The zero-order chi connectivity index (χ0) is 11.2. The highest BCUT2D eigenvalue weighted by Crippen LogP contribution is 2.47. The Kier molecular flexibility index (Phi) is 8.00. The zero-order valence-electron chi connectivity index (χ0n) is 8.00. The van der Waals surface area contributed by atoms with Crippen LogP contribution < -0.4 is 6.15 Å². The van der Waals surface area contributed by atoms with E-state index in [1.165, 1.54) is 5.94 Å². The quantitative estimate of drug-likeness (QED) is 0.202. The van der Waals surface area contributed by atoms with Gasteiger partial charge in [-0.05, 0) is 0 Å². The van der Waals surface area contributed by atoms with Crippen molar-refractivity contribution < 1.29 is 33.7 Å². The third kappa shape index (κ3) is 5.44. The first-order valence-corrected chi connectivity index (χ1v) is 5.17. The summed E-state index contributed by atoms with van der Waals surface area (Å²) in [5, 5.41) is 16.5. The summed E-state index contributed by atoms with van der Waals surface area (Å²) in [5.41, 5.74) is -0.584. The highest BCUT2D eigenvalue weighted by molar-refractivity contribution is 7.53. The number of hydrogen-bond donors (Lipinski definition) is 3. The summed E-state index contributed by atoms with van der Waals surface area (Å²) in [4.78, 5) is 20.4. The zero-order valence-corrected chi connectivity index (χ0v) is 8.90. The topological polar surface area (TPSA) is 145 Å². The van der Waals surface area contributed by atoms with E-state index in [9.17, 15) is 14.2 Å². The number of carboxylic acid groups (broad SMARTS) is 1. The SMILES string of the molecule is COP(=O)(CCC(=C=O)C(=O)O)OO.N. The lowest BCUT2D eigenvalue weighted by Crippen LogP contribution is -2.05. The number of hydrogen-bond acceptors (Lipinski definition) is 7. The predicted molar refractivity (Wildman–Crippen MR) is 49.7 cm³/mol. The molecular formula is C6H12NO7P. The van der Waals surface area contributed by atoms with Crippen LogP contribution in [0.2, 0.25) is 0 Å². The van der Waals surface area contributed by atoms with E-state index in [-0.39, 0.29) is 12.6 Å². The van der Waals surface area contributed by atoms with Crippen molar-refractivity contribution in [1.29, 1.82) is 0 Å². The molecular weight excluding hydrogens is 229 g/mol. The van der Waals surface area contributed by atoms with Crippen molar-refractivity contribution in [2.45, 2.75) is 6.42 Å². The first-order chi connectivity index (χ1) is 6.49. The summed E-state index contributed by atoms with van der Waals surface area (Å²) < 4.78 is 19.0. The Balaban J connectivity index is 0. The van der Waals surface area contributed by atoms with Gasteiger partial charge in [-0.15, -0.1) is 0 Å². The van der Waals surface area contributed by atoms with E-state index in [1.807, 2.05) is 0 Å². The molecule has 88 valence electrons. The summed E-state index contributed by atoms with van der Waals surface area (Å²) in [7, 11) is -2.67. The van der Waals surface area contributed by atoms with Gasteiger partial charge in [-0.25, -0.2) is 14.8 Å². The Morgan fingerprint density at radius 2 is 2.07 bits per heavy atom. The molecule has 0 amide bonds. The Bertz CT molecular complexity index is 301. The van der Waals surface area contributed by atoms with E-state index in [0.29, 0.717) is 0 Å². The van der Waals surface area contributed by atoms with Crippen LogP contribution >= 0.6 is 7.60 Å². The fourth-order valence-electron chi connectivity index (χ4n) is 0.616. The van der Waals surface area contributed by atoms with Crippen LogP contribution in [0.25, 0.3) is 0 Å². The van der Waals surface area contributed by atoms with Crippen molar-refractivity contribution in [2.24, 2.45) is 0 Å². The van der Waals surface area contributed by atoms with E-state index in [0.717, 1.165) is 7.11 Å². The van der Waals surface area contributed by atoms with Crippen molar-refractivity contribution in [3.8, 4) is 0 Å². The molecule has 0 fully saturated rings. The Morgan fingerprint density at radius 3 is 2.33 bits per heavy atom. The Labute approximate surface area is 85.5 Å². The summed E-state index contributed by atoms with van der Waals surface area (Å²) in [6.45, 7) is 0. The summed E-state index contributed by atoms with van der Waals surface area (Å²) >= 11 is 0. The van der Waals surface area contributed by atoms with Gasteiger partial charge in [-0.3, -0.25) is 4.57 Å². The lowest BCUT2D eigenvalue weighted by molar-refractivity contribution is -0.147. The Hall–Kier alpha value is -1.01. The maximum atomic E-state index is 11.2. The molecule has 15 heavy (non-hydrogen) atoms. The molecule has 1 unspecified atom stereocenters. The lowest BCUT2D eigenvalue weighted by Gasteiger charge is -2.09. The summed E-state index contributed by atoms with van der Waals surface area (Å²) in [6, 6.07) is 0. The van der Waals surface area contributed by atoms with Crippen LogP contribution in [-0.2, 0) is 23.4 Å². The first kappa shape index (κ1) is 16.4. The fourth-order valence-corrected chi connectivity index (χ4v) is 1.44. The van der Waals surface area contributed by atoms with Gasteiger partial charge in [-0.2, -0.15) is 4.67 Å². The molecule has 9 heteroatoms. The van der Waals surface area contributed by atoms with E-state index in [2.05, 4.69) is 9.20 Å². The normalized spacial score (nSPS) is 13.2. The maximum absolute atomic E-state index is 11.2. The highest BCUT2D eigenvalue weighted by atomic mass is 31.2. The number of carboxylic acids is 1. The minimum absolute atomic E-state index is 0. The predicted octanol–water partition coefficient (Wildman–Crippen LogP) is 0.710.